The number of hydrogen-bond acceptors (Lipinski definition) is 5. The van der Waals surface area contributed by atoms with Crippen LogP contribution >= 0.6 is 34.5 Å². The van der Waals surface area contributed by atoms with Gasteiger partial charge in [-0.2, -0.15) is 0 Å². The molecule has 0 aliphatic carbocycles. The smallest absolute Gasteiger partial charge is 0.117 e. The lowest BCUT2D eigenvalue weighted by Gasteiger charge is -2.07. The van der Waals surface area contributed by atoms with Crippen LogP contribution in [0.1, 0.15) is 29.8 Å². The van der Waals surface area contributed by atoms with E-state index in [1.54, 1.807) is 30.0 Å². The van der Waals surface area contributed by atoms with Crippen molar-refractivity contribution in [3.8, 4) is 0 Å². The highest BCUT2D eigenvalue weighted by molar-refractivity contribution is 7.09. The Labute approximate surface area is 137 Å². The molecule has 0 aliphatic heterocycles. The zero-order chi connectivity index (χ0) is 15.1. The first-order valence-electron chi connectivity index (χ1n) is 6.51. The van der Waals surface area contributed by atoms with Gasteiger partial charge in [-0.3, -0.25) is 0 Å². The zero-order valence-corrected chi connectivity index (χ0v) is 13.9. The standard InChI is InChI=1S/C14H15Cl2N3OS/c1-20-19-13(10-6-7-11(15)12(16)8-10)4-2-3-5-14-18-17-9-21-14/h6-9H,2-5H2,1H3/b19-13-. The summed E-state index contributed by atoms with van der Waals surface area (Å²) in [6.45, 7) is 0. The molecule has 0 fully saturated rings. The van der Waals surface area contributed by atoms with Crippen LogP contribution < -0.4 is 0 Å². The van der Waals surface area contributed by atoms with E-state index >= 15 is 0 Å². The summed E-state index contributed by atoms with van der Waals surface area (Å²) in [4.78, 5) is 4.92. The number of halogens is 2. The van der Waals surface area contributed by atoms with Gasteiger partial charge in [-0.1, -0.05) is 34.4 Å². The summed E-state index contributed by atoms with van der Waals surface area (Å²) in [7, 11) is 1.54. The van der Waals surface area contributed by atoms with E-state index in [-0.39, 0.29) is 0 Å². The predicted molar refractivity (Wildman–Crippen MR) is 87.5 cm³/mol. The van der Waals surface area contributed by atoms with Crippen molar-refractivity contribution in [2.45, 2.75) is 25.7 Å². The third kappa shape index (κ3) is 4.95. The van der Waals surface area contributed by atoms with Gasteiger partial charge in [0.05, 0.1) is 15.8 Å². The molecule has 0 atom stereocenters. The molecule has 2 aromatic rings. The Hall–Kier alpha value is -1.17. The highest BCUT2D eigenvalue weighted by Gasteiger charge is 2.08. The molecule has 112 valence electrons. The van der Waals surface area contributed by atoms with Crippen LogP contribution in [-0.4, -0.2) is 23.0 Å². The van der Waals surface area contributed by atoms with Crippen LogP contribution in [0, 0.1) is 0 Å². The third-order valence-electron chi connectivity index (χ3n) is 2.91. The second kappa shape index (κ2) is 8.32. The molecule has 1 heterocycles. The Kier molecular flexibility index (Phi) is 6.42. The monoisotopic (exact) mass is 343 g/mol. The van der Waals surface area contributed by atoms with Crippen LogP contribution in [-0.2, 0) is 11.3 Å². The molecule has 0 aliphatic rings. The normalized spacial score (nSPS) is 11.7. The van der Waals surface area contributed by atoms with Crippen LogP contribution in [0.25, 0.3) is 0 Å². The van der Waals surface area contributed by atoms with Crippen molar-refractivity contribution in [2.24, 2.45) is 5.16 Å². The van der Waals surface area contributed by atoms with Gasteiger partial charge in [0, 0.05) is 12.0 Å². The van der Waals surface area contributed by atoms with Gasteiger partial charge in [0.2, 0.25) is 0 Å². The maximum Gasteiger partial charge on any atom is 0.117 e. The number of hydrogen-bond donors (Lipinski definition) is 0. The highest BCUT2D eigenvalue weighted by atomic mass is 35.5. The number of nitrogens with zero attached hydrogens (tertiary/aromatic N) is 3. The second-order valence-corrected chi connectivity index (χ2v) is 6.12. The van der Waals surface area contributed by atoms with Gasteiger partial charge in [0.25, 0.3) is 0 Å². The summed E-state index contributed by atoms with van der Waals surface area (Å²) in [6, 6.07) is 5.48. The molecule has 2 rings (SSSR count). The van der Waals surface area contributed by atoms with Crippen LogP contribution in [0.4, 0.5) is 0 Å². The molecule has 0 radical (unpaired) electrons. The minimum absolute atomic E-state index is 0.520. The quantitative estimate of drug-likeness (QED) is 0.419. The summed E-state index contributed by atoms with van der Waals surface area (Å²) in [6.07, 6.45) is 3.76. The van der Waals surface area contributed by atoms with Gasteiger partial charge in [-0.25, -0.2) is 0 Å². The van der Waals surface area contributed by atoms with Crippen LogP contribution in [0.5, 0.6) is 0 Å². The van der Waals surface area contributed by atoms with Crippen molar-refractivity contribution in [1.29, 1.82) is 0 Å². The third-order valence-corrected chi connectivity index (χ3v) is 4.41. The molecule has 0 spiro atoms. The molecule has 4 nitrogen and oxygen atoms in total. The van der Waals surface area contributed by atoms with Gasteiger partial charge >= 0.3 is 0 Å². The molecule has 0 N–H and O–H groups in total. The molecule has 0 saturated carbocycles. The van der Waals surface area contributed by atoms with Crippen LogP contribution in [0.2, 0.25) is 10.0 Å². The molecule has 0 bridgehead atoms. The van der Waals surface area contributed by atoms with E-state index in [0.29, 0.717) is 10.0 Å². The Balaban J connectivity index is 1.93. The predicted octanol–water partition coefficient (Wildman–Crippen LogP) is 4.61. The van der Waals surface area contributed by atoms with E-state index in [2.05, 4.69) is 15.4 Å². The van der Waals surface area contributed by atoms with Crippen LogP contribution in [0.3, 0.4) is 0 Å². The van der Waals surface area contributed by atoms with Crippen molar-refractivity contribution < 1.29 is 4.84 Å². The molecule has 0 unspecified atom stereocenters. The zero-order valence-electron chi connectivity index (χ0n) is 11.6. The maximum absolute atomic E-state index is 6.05. The number of benzene rings is 1. The molecule has 0 saturated heterocycles. The number of aromatic nitrogens is 2. The average molecular weight is 344 g/mol. The molecule has 7 heteroatoms. The highest BCUT2D eigenvalue weighted by Crippen LogP contribution is 2.24. The average Bonchev–Trinajstić information content (AvgIpc) is 2.98. The minimum atomic E-state index is 0.520. The summed E-state index contributed by atoms with van der Waals surface area (Å²) < 4.78 is 0. The first kappa shape index (κ1) is 16.2. The first-order valence-corrected chi connectivity index (χ1v) is 8.14. The van der Waals surface area contributed by atoms with Crippen molar-refractivity contribution in [3.05, 3.63) is 44.3 Å². The Morgan fingerprint density at radius 3 is 2.81 bits per heavy atom. The number of rotatable bonds is 7. The molecule has 21 heavy (non-hydrogen) atoms. The fourth-order valence-electron chi connectivity index (χ4n) is 1.90. The van der Waals surface area contributed by atoms with Gasteiger partial charge in [0.15, 0.2) is 0 Å². The van der Waals surface area contributed by atoms with Gasteiger partial charge in [0.1, 0.15) is 17.6 Å². The lowest BCUT2D eigenvalue weighted by molar-refractivity contribution is 0.212. The fraction of sp³-hybridized carbons (Fsp3) is 0.357. The van der Waals surface area contributed by atoms with Gasteiger partial charge in [-0.15, -0.1) is 21.5 Å². The van der Waals surface area contributed by atoms with E-state index in [9.17, 15) is 0 Å². The molecular formula is C14H15Cl2N3OS. The van der Waals surface area contributed by atoms with Crippen molar-refractivity contribution in [1.82, 2.24) is 10.2 Å². The van der Waals surface area contributed by atoms with Crippen molar-refractivity contribution in [2.75, 3.05) is 7.11 Å². The van der Waals surface area contributed by atoms with E-state index in [0.717, 1.165) is 42.0 Å². The lowest BCUT2D eigenvalue weighted by atomic mass is 10.0. The SMILES string of the molecule is CO/N=C(/CCCCc1nncs1)c1ccc(Cl)c(Cl)c1. The summed E-state index contributed by atoms with van der Waals surface area (Å²) in [5.41, 5.74) is 3.55. The topological polar surface area (TPSA) is 47.4 Å². The Bertz CT molecular complexity index is 602. The largest absolute Gasteiger partial charge is 0.399 e. The maximum atomic E-state index is 6.05. The number of aryl methyl sites for hydroxylation is 1. The second-order valence-electron chi connectivity index (χ2n) is 4.39. The van der Waals surface area contributed by atoms with E-state index < -0.39 is 0 Å². The Morgan fingerprint density at radius 2 is 2.14 bits per heavy atom. The number of oxime groups is 1. The number of unbranched alkanes of at least 4 members (excludes halogenated alkanes) is 1. The molecular weight excluding hydrogens is 329 g/mol. The molecule has 0 amide bonds. The molecule has 1 aromatic carbocycles. The summed E-state index contributed by atoms with van der Waals surface area (Å²) in [5, 5.41) is 14.1. The minimum Gasteiger partial charge on any atom is -0.399 e. The summed E-state index contributed by atoms with van der Waals surface area (Å²) in [5.74, 6) is 0. The van der Waals surface area contributed by atoms with E-state index in [4.69, 9.17) is 28.0 Å². The Morgan fingerprint density at radius 1 is 1.29 bits per heavy atom. The van der Waals surface area contributed by atoms with Gasteiger partial charge < -0.3 is 4.84 Å². The van der Waals surface area contributed by atoms with Gasteiger partial charge in [-0.05, 0) is 31.4 Å². The lowest BCUT2D eigenvalue weighted by Crippen LogP contribution is -2.02. The fourth-order valence-corrected chi connectivity index (χ4v) is 2.77. The first-order chi connectivity index (χ1) is 10.2. The molecule has 1 aromatic heterocycles. The summed E-state index contributed by atoms with van der Waals surface area (Å²) >= 11 is 13.6. The van der Waals surface area contributed by atoms with E-state index in [1.807, 2.05) is 12.1 Å². The van der Waals surface area contributed by atoms with Crippen LogP contribution in [0.15, 0.2) is 28.9 Å². The van der Waals surface area contributed by atoms with Crippen molar-refractivity contribution >= 4 is 40.3 Å². The van der Waals surface area contributed by atoms with E-state index in [1.165, 1.54) is 0 Å². The van der Waals surface area contributed by atoms with Crippen molar-refractivity contribution in [3.63, 3.8) is 0 Å².